The number of likely N-dealkylation sites (N-methyl/N-ethyl adjacent to an activating group) is 1. The first-order chi connectivity index (χ1) is 34.2. The van der Waals surface area contributed by atoms with Gasteiger partial charge in [0.15, 0.2) is 5.16 Å². The van der Waals surface area contributed by atoms with Crippen LogP contribution in [0.15, 0.2) is 76.4 Å². The third-order valence-electron chi connectivity index (χ3n) is 6.00. The molecular weight excluding hydrogens is 640 g/mol. The number of carbonyl (C=O) groups is 1. The zero-order valence-corrected chi connectivity index (χ0v) is 25.5. The van der Waals surface area contributed by atoms with E-state index in [4.69, 9.17) is 34.3 Å². The average molecular weight is 710 g/mol. The highest BCUT2D eigenvalue weighted by atomic mass is 32.2. The number of amides is 1. The maximum absolute atomic E-state index is 15.4. The van der Waals surface area contributed by atoms with E-state index in [-0.39, 0.29) is 4.57 Å². The van der Waals surface area contributed by atoms with Crippen LogP contribution in [0.25, 0.3) is 11.1 Å². The Balaban J connectivity index is 1.96. The topological polar surface area (TPSA) is 58.4 Å². The number of halogens is 4. The number of hydrogen-bond donors (Lipinski definition) is 0. The molecule has 254 valence electrons. The first kappa shape index (κ1) is 13.7. The first-order valence-electron chi connectivity index (χ1n) is 27.7. The summed E-state index contributed by atoms with van der Waals surface area (Å²) in [5.41, 5.74) is -17.2. The van der Waals surface area contributed by atoms with Crippen LogP contribution in [-0.2, 0) is 42.5 Å². The Hall–Kier alpha value is -3.96. The van der Waals surface area contributed by atoms with Gasteiger partial charge in [0.2, 0.25) is 5.91 Å². The summed E-state index contributed by atoms with van der Waals surface area (Å²) < 4.78 is 307. The number of rotatable bonds is 13. The van der Waals surface area contributed by atoms with E-state index in [1.54, 1.807) is 0 Å². The SMILES string of the molecule is [2H]c1c([2H])c(C([2H])([2H])Sc2nc(=O)c3c(n2CC(=O)N(C([2H])([2H])c2c([2H])c([2H])c(-c4c([2H])c([2H])c(C(F)(F)F)c(C)c4[2H])c([2H])c2[2H])C([2H])([2H])C([2H])([2H])N(C([2H])([2H])C)C([2H])([2H])C)C([2H])([2H])C([2H])([2H])C3([2H])[2H])c([2H])c([2H])c1F. The summed E-state index contributed by atoms with van der Waals surface area (Å²) in [4.78, 5) is 31.2. The lowest BCUT2D eigenvalue weighted by molar-refractivity contribution is -0.138. The number of thioether (sulfide) groups is 1. The predicted molar refractivity (Wildman–Crippen MR) is 181 cm³/mol. The van der Waals surface area contributed by atoms with Gasteiger partial charge in [-0.25, -0.2) is 4.39 Å². The summed E-state index contributed by atoms with van der Waals surface area (Å²) in [6.45, 7) is -21.2. The highest BCUT2D eigenvalue weighted by molar-refractivity contribution is 7.98. The van der Waals surface area contributed by atoms with Crippen molar-refractivity contribution in [2.75, 3.05) is 26.0 Å². The van der Waals surface area contributed by atoms with Crippen molar-refractivity contribution in [2.45, 2.75) is 70.0 Å². The average Bonchev–Trinajstić information content (AvgIpc) is 3.34. The molecule has 0 N–H and O–H groups in total. The van der Waals surface area contributed by atoms with E-state index in [9.17, 15) is 27.8 Å². The molecule has 1 amide bonds. The molecule has 3 aromatic carbocycles. The zero-order valence-electron chi connectivity index (χ0n) is 53.7. The van der Waals surface area contributed by atoms with Gasteiger partial charge in [-0.15, -0.1) is 0 Å². The molecule has 0 atom stereocenters. The van der Waals surface area contributed by atoms with E-state index < -0.39 is 225 Å². The smallest absolute Gasteiger partial charge is 0.336 e. The van der Waals surface area contributed by atoms with Crippen molar-refractivity contribution in [3.8, 4) is 11.1 Å². The molecular formula is C37H40F4N4O2S. The van der Waals surface area contributed by atoms with E-state index in [0.717, 1.165) is 0 Å². The number of carbonyl (C=O) groups excluding carboxylic acids is 1. The van der Waals surface area contributed by atoms with Crippen LogP contribution in [0.4, 0.5) is 17.6 Å². The monoisotopic (exact) mass is 709 g/mol. The second-order valence-electron chi connectivity index (χ2n) is 9.12. The van der Waals surface area contributed by atoms with Crippen LogP contribution in [0.1, 0.15) is 93.5 Å². The minimum Gasteiger partial charge on any atom is -0.336 e. The van der Waals surface area contributed by atoms with E-state index in [2.05, 4.69) is 4.98 Å². The Bertz CT molecular complexity index is 3110. The Morgan fingerprint density at radius 2 is 1.67 bits per heavy atom. The quantitative estimate of drug-likeness (QED) is 0.0817. The molecule has 0 saturated carbocycles. The fourth-order valence-electron chi connectivity index (χ4n) is 3.80. The highest BCUT2D eigenvalue weighted by Gasteiger charge is 2.32. The van der Waals surface area contributed by atoms with Crippen molar-refractivity contribution >= 4 is 17.7 Å². The maximum atomic E-state index is 15.4. The molecule has 0 saturated heterocycles. The van der Waals surface area contributed by atoms with Crippen LogP contribution in [-0.4, -0.2) is 51.2 Å². The van der Waals surface area contributed by atoms with Gasteiger partial charge in [-0.05, 0) is 85.0 Å². The van der Waals surface area contributed by atoms with Gasteiger partial charge < -0.3 is 14.4 Å². The summed E-state index contributed by atoms with van der Waals surface area (Å²) in [5.74, 6) is -4.23. The summed E-state index contributed by atoms with van der Waals surface area (Å²) in [6.07, 6.45) is -17.0. The Morgan fingerprint density at radius 3 is 2.33 bits per heavy atom. The molecule has 48 heavy (non-hydrogen) atoms. The van der Waals surface area contributed by atoms with Gasteiger partial charge in [-0.2, -0.15) is 18.2 Å². The molecule has 0 radical (unpaired) electrons. The fourth-order valence-corrected chi connectivity index (χ4v) is 4.49. The van der Waals surface area contributed by atoms with Crippen LogP contribution < -0.4 is 5.56 Å². The summed E-state index contributed by atoms with van der Waals surface area (Å²) >= 11 is -0.556. The lowest BCUT2D eigenvalue weighted by Gasteiger charge is -2.28. The van der Waals surface area contributed by atoms with Crippen molar-refractivity contribution in [3.05, 3.63) is 116 Å². The van der Waals surface area contributed by atoms with E-state index in [0.29, 0.717) is 20.8 Å². The molecule has 0 bridgehead atoms. The molecule has 1 heterocycles. The number of hydrogen-bond acceptors (Lipinski definition) is 5. The number of alkyl halides is 3. The number of aromatic nitrogens is 2. The maximum Gasteiger partial charge on any atom is 0.416 e. The number of benzene rings is 3. The molecule has 6 nitrogen and oxygen atoms in total. The van der Waals surface area contributed by atoms with Gasteiger partial charge in [-0.1, -0.05) is 73.9 Å². The van der Waals surface area contributed by atoms with Crippen molar-refractivity contribution < 1.29 is 62.1 Å². The van der Waals surface area contributed by atoms with Gasteiger partial charge >= 0.3 is 6.18 Å². The van der Waals surface area contributed by atoms with E-state index >= 15 is 4.79 Å². The Morgan fingerprint density at radius 1 is 1.00 bits per heavy atom. The Kier molecular flexibility index (Phi) is 4.44. The lowest BCUT2D eigenvalue weighted by atomic mass is 9.98. The Labute approximate surface area is 323 Å². The van der Waals surface area contributed by atoms with Gasteiger partial charge in [0.05, 0.1) is 26.1 Å². The number of nitrogens with zero attached hydrogens (tertiary/aromatic N) is 4. The highest BCUT2D eigenvalue weighted by Crippen LogP contribution is 2.34. The van der Waals surface area contributed by atoms with Crippen LogP contribution >= 0.6 is 11.8 Å². The number of fused-ring (bicyclic) bond motifs is 1. The third-order valence-corrected chi connectivity index (χ3v) is 6.80. The lowest BCUT2D eigenvalue weighted by Crippen LogP contribution is -2.40. The van der Waals surface area contributed by atoms with Crippen LogP contribution in [0.2, 0.25) is 0 Å². The zero-order chi connectivity index (χ0) is 60.1. The summed E-state index contributed by atoms with van der Waals surface area (Å²) in [6, 6.07) is -16.8. The first-order valence-corrected chi connectivity index (χ1v) is 14.0. The van der Waals surface area contributed by atoms with Crippen molar-refractivity contribution in [1.82, 2.24) is 19.4 Å². The second-order valence-corrected chi connectivity index (χ2v) is 9.90. The standard InChI is InChI=1S/C37H40F4N4O2S/c1-4-43(5-2)19-20-44(22-26-9-13-28(14-10-26)29-15-18-32(25(3)21-29)37(39,40)41)34(46)23-45-33-8-6-7-31(33)35(47)42-36(45)48-24-27-11-16-30(38)17-12-27/h9-18,21H,4-8,19-20,22-24H2,1-3H3/i4D2,5D2,6D2,7D2,8D2,9D,10D,11D,12D,13D,14D,15D,16D,17D,18D,19D2,20D2,21D,22D2,24D2. The normalized spacial score (nSPS) is 26.5. The summed E-state index contributed by atoms with van der Waals surface area (Å²) in [7, 11) is 0. The van der Waals surface area contributed by atoms with Crippen molar-refractivity contribution in [1.29, 1.82) is 0 Å². The minimum atomic E-state index is -5.36. The third kappa shape index (κ3) is 8.54. The molecule has 0 aliphatic heterocycles. The molecule has 11 heteroatoms. The van der Waals surface area contributed by atoms with E-state index in [1.807, 2.05) is 0 Å². The fraction of sp³-hybridized carbons (Fsp3) is 0.378. The molecule has 1 aliphatic rings. The van der Waals surface area contributed by atoms with Gasteiger partial charge in [0.1, 0.15) is 12.4 Å². The van der Waals surface area contributed by atoms with Gasteiger partial charge in [-0.3, -0.25) is 9.59 Å². The van der Waals surface area contributed by atoms with Gasteiger partial charge in [0.25, 0.3) is 5.56 Å². The minimum absolute atomic E-state index is 0.0794. The molecule has 0 unspecified atom stereocenters. The molecule has 0 spiro atoms. The van der Waals surface area contributed by atoms with Crippen LogP contribution in [0.5, 0.6) is 0 Å². The van der Waals surface area contributed by atoms with E-state index in [1.165, 1.54) is 0 Å². The van der Waals surface area contributed by atoms with Gasteiger partial charge in [0, 0.05) is 55.6 Å². The predicted octanol–water partition coefficient (Wildman–Crippen LogP) is 7.53. The van der Waals surface area contributed by atoms with Crippen LogP contribution in [0.3, 0.4) is 0 Å². The molecule has 5 rings (SSSR count). The van der Waals surface area contributed by atoms with Crippen LogP contribution in [0, 0.1) is 12.7 Å². The second kappa shape index (κ2) is 15.5. The molecule has 0 fully saturated rings. The largest absolute Gasteiger partial charge is 0.416 e. The van der Waals surface area contributed by atoms with Crippen molar-refractivity contribution in [3.63, 3.8) is 0 Å². The summed E-state index contributed by atoms with van der Waals surface area (Å²) in [5, 5.41) is -1.46. The van der Waals surface area contributed by atoms with Crippen molar-refractivity contribution in [2.24, 2.45) is 0 Å². The molecule has 4 aromatic rings. The molecule has 1 aliphatic carbocycles. The molecule has 1 aromatic heterocycles.